The molecule has 3 aliphatic rings. The molecule has 0 aliphatic heterocycles. The van der Waals surface area contributed by atoms with Crippen molar-refractivity contribution < 1.29 is 8.78 Å². The summed E-state index contributed by atoms with van der Waals surface area (Å²) in [6.45, 7) is 0. The van der Waals surface area contributed by atoms with Gasteiger partial charge in [0.05, 0.1) is 4.90 Å². The highest BCUT2D eigenvalue weighted by Gasteiger charge is 2.33. The molecule has 0 radical (unpaired) electrons. The Labute approximate surface area is 177 Å². The lowest BCUT2D eigenvalue weighted by atomic mass is 9.65. The standard InChI is InChI=1S/C25H27F2NS/c26-23-14-18(15-24(27)25(23)29-16-28)5-4-17-6-8-20(9-7-17)22-12-10-21(11-13-22)19-2-1-3-19/h6,14-15,19-22H,1-3,7-13H2. The molecule has 1 aromatic rings. The summed E-state index contributed by atoms with van der Waals surface area (Å²) in [7, 11) is 0. The van der Waals surface area contributed by atoms with E-state index in [0.29, 0.717) is 17.3 Å². The third-order valence-corrected chi connectivity index (χ3v) is 7.95. The molecule has 29 heavy (non-hydrogen) atoms. The Kier molecular flexibility index (Phi) is 6.61. The van der Waals surface area contributed by atoms with Gasteiger partial charge in [0, 0.05) is 5.56 Å². The molecule has 4 heteroatoms. The third kappa shape index (κ3) is 4.87. The van der Waals surface area contributed by atoms with Crippen molar-refractivity contribution in [1.82, 2.24) is 0 Å². The Bertz CT molecular complexity index is 853. The van der Waals surface area contributed by atoms with Crippen LogP contribution in [0.1, 0.15) is 69.8 Å². The predicted octanol–water partition coefficient (Wildman–Crippen LogP) is 7.22. The van der Waals surface area contributed by atoms with E-state index in [1.54, 1.807) is 5.40 Å². The Hall–Kier alpha value is -1.78. The highest BCUT2D eigenvalue weighted by molar-refractivity contribution is 8.03. The number of nitriles is 1. The summed E-state index contributed by atoms with van der Waals surface area (Å²) >= 11 is 0.499. The zero-order chi connectivity index (χ0) is 20.2. The maximum atomic E-state index is 13.9. The second-order valence-electron chi connectivity index (χ2n) is 8.84. The molecular formula is C25H27F2NS. The van der Waals surface area contributed by atoms with Crippen molar-refractivity contribution in [3.63, 3.8) is 0 Å². The van der Waals surface area contributed by atoms with Gasteiger partial charge in [-0.1, -0.05) is 37.2 Å². The van der Waals surface area contributed by atoms with Gasteiger partial charge in [-0.05, 0) is 98.1 Å². The molecule has 0 heterocycles. The Balaban J connectivity index is 1.32. The number of nitrogens with zero attached hydrogens (tertiary/aromatic N) is 1. The van der Waals surface area contributed by atoms with Crippen molar-refractivity contribution in [1.29, 1.82) is 5.26 Å². The molecule has 2 fully saturated rings. The molecule has 1 atom stereocenters. The van der Waals surface area contributed by atoms with Crippen molar-refractivity contribution in [2.75, 3.05) is 0 Å². The van der Waals surface area contributed by atoms with Crippen LogP contribution in [0, 0.1) is 57.8 Å². The minimum Gasteiger partial charge on any atom is -0.206 e. The smallest absolute Gasteiger partial charge is 0.142 e. The van der Waals surface area contributed by atoms with E-state index in [4.69, 9.17) is 5.26 Å². The SMILES string of the molecule is N#CSc1c(F)cc(C#CC2=CCC(C3CCC(C4CCC4)CC3)CC2)cc1F. The molecular weight excluding hydrogens is 384 g/mol. The average Bonchev–Trinajstić information content (AvgIpc) is 2.69. The van der Waals surface area contributed by atoms with Gasteiger partial charge in [0.25, 0.3) is 0 Å². The summed E-state index contributed by atoms with van der Waals surface area (Å²) in [5, 5.41) is 10.3. The van der Waals surface area contributed by atoms with Crippen molar-refractivity contribution >= 4 is 11.8 Å². The first-order valence-electron chi connectivity index (χ1n) is 10.9. The first kappa shape index (κ1) is 20.5. The normalized spacial score (nSPS) is 27.2. The number of rotatable bonds is 3. The third-order valence-electron chi connectivity index (χ3n) is 7.26. The molecule has 1 unspecified atom stereocenters. The van der Waals surface area contributed by atoms with E-state index in [2.05, 4.69) is 17.9 Å². The Morgan fingerprint density at radius 3 is 1.97 bits per heavy atom. The van der Waals surface area contributed by atoms with Crippen LogP contribution in [0.2, 0.25) is 0 Å². The Morgan fingerprint density at radius 2 is 1.45 bits per heavy atom. The number of thiocyanates is 1. The van der Waals surface area contributed by atoms with Crippen LogP contribution in [0.5, 0.6) is 0 Å². The molecule has 0 N–H and O–H groups in total. The van der Waals surface area contributed by atoms with E-state index < -0.39 is 11.6 Å². The molecule has 3 aliphatic carbocycles. The average molecular weight is 412 g/mol. The summed E-state index contributed by atoms with van der Waals surface area (Å²) in [4.78, 5) is -0.259. The number of hydrogen-bond donors (Lipinski definition) is 0. The van der Waals surface area contributed by atoms with Crippen molar-refractivity contribution in [3.05, 3.63) is 41.0 Å². The van der Waals surface area contributed by atoms with E-state index in [-0.39, 0.29) is 4.90 Å². The number of hydrogen-bond acceptors (Lipinski definition) is 2. The van der Waals surface area contributed by atoms with Crippen LogP contribution in [0.4, 0.5) is 8.78 Å². The maximum Gasteiger partial charge on any atom is 0.142 e. The van der Waals surface area contributed by atoms with Gasteiger partial charge in [-0.25, -0.2) is 8.78 Å². The maximum absolute atomic E-state index is 13.9. The number of benzene rings is 1. The fourth-order valence-corrected chi connectivity index (χ4v) is 5.73. The first-order valence-corrected chi connectivity index (χ1v) is 11.7. The summed E-state index contributed by atoms with van der Waals surface area (Å²) in [6, 6.07) is 2.42. The molecule has 0 spiro atoms. The lowest BCUT2D eigenvalue weighted by Gasteiger charge is -2.41. The second kappa shape index (κ2) is 9.36. The monoisotopic (exact) mass is 411 g/mol. The minimum atomic E-state index is -0.726. The molecule has 0 saturated heterocycles. The molecule has 0 bridgehead atoms. The van der Waals surface area contributed by atoms with Crippen LogP contribution in [-0.4, -0.2) is 0 Å². The van der Waals surface area contributed by atoms with E-state index in [0.717, 1.165) is 42.1 Å². The van der Waals surface area contributed by atoms with E-state index in [1.165, 1.54) is 63.5 Å². The van der Waals surface area contributed by atoms with Crippen molar-refractivity contribution in [2.24, 2.45) is 23.7 Å². The van der Waals surface area contributed by atoms with Gasteiger partial charge in [0.2, 0.25) is 0 Å². The summed E-state index contributed by atoms with van der Waals surface area (Å²) in [5.41, 5.74) is 1.40. The van der Waals surface area contributed by atoms with E-state index >= 15 is 0 Å². The second-order valence-corrected chi connectivity index (χ2v) is 9.64. The van der Waals surface area contributed by atoms with Crippen LogP contribution in [0.25, 0.3) is 0 Å². The van der Waals surface area contributed by atoms with Crippen LogP contribution in [0.15, 0.2) is 28.7 Å². The van der Waals surface area contributed by atoms with Crippen LogP contribution in [0.3, 0.4) is 0 Å². The molecule has 4 rings (SSSR count). The highest BCUT2D eigenvalue weighted by Crippen LogP contribution is 2.45. The van der Waals surface area contributed by atoms with Gasteiger partial charge in [-0.2, -0.15) is 5.26 Å². The van der Waals surface area contributed by atoms with Gasteiger partial charge < -0.3 is 0 Å². The van der Waals surface area contributed by atoms with Gasteiger partial charge in [0.15, 0.2) is 0 Å². The molecule has 0 aromatic heterocycles. The van der Waals surface area contributed by atoms with Crippen LogP contribution >= 0.6 is 11.8 Å². The first-order chi connectivity index (χ1) is 14.1. The quantitative estimate of drug-likeness (QED) is 0.298. The largest absolute Gasteiger partial charge is 0.206 e. The lowest BCUT2D eigenvalue weighted by molar-refractivity contribution is 0.114. The lowest BCUT2D eigenvalue weighted by Crippen LogP contribution is -2.29. The van der Waals surface area contributed by atoms with Gasteiger partial charge in [0.1, 0.15) is 17.0 Å². The molecule has 1 aromatic carbocycles. The summed E-state index contributed by atoms with van der Waals surface area (Å²) in [6.07, 6.45) is 15.5. The molecule has 1 nitrogen and oxygen atoms in total. The Morgan fingerprint density at radius 1 is 0.828 bits per heavy atom. The fourth-order valence-electron chi connectivity index (χ4n) is 5.32. The summed E-state index contributed by atoms with van der Waals surface area (Å²) < 4.78 is 27.9. The highest BCUT2D eigenvalue weighted by atomic mass is 32.2. The van der Waals surface area contributed by atoms with Gasteiger partial charge in [-0.3, -0.25) is 0 Å². The van der Waals surface area contributed by atoms with E-state index in [1.807, 2.05) is 0 Å². The van der Waals surface area contributed by atoms with Crippen molar-refractivity contribution in [3.8, 4) is 17.2 Å². The number of allylic oxidation sites excluding steroid dienone is 2. The number of halogens is 2. The van der Waals surface area contributed by atoms with Crippen LogP contribution in [-0.2, 0) is 0 Å². The van der Waals surface area contributed by atoms with Gasteiger partial charge in [-0.15, -0.1) is 0 Å². The fraction of sp³-hybridized carbons (Fsp3) is 0.560. The van der Waals surface area contributed by atoms with Crippen LogP contribution < -0.4 is 0 Å². The predicted molar refractivity (Wildman–Crippen MR) is 113 cm³/mol. The zero-order valence-corrected chi connectivity index (χ0v) is 17.5. The van der Waals surface area contributed by atoms with Crippen molar-refractivity contribution in [2.45, 2.75) is 69.1 Å². The number of thioether (sulfide) groups is 1. The molecule has 0 amide bonds. The molecule has 152 valence electrons. The molecule has 2 saturated carbocycles. The summed E-state index contributed by atoms with van der Waals surface area (Å²) in [5.74, 6) is 8.24. The topological polar surface area (TPSA) is 23.8 Å². The van der Waals surface area contributed by atoms with E-state index in [9.17, 15) is 8.78 Å². The van der Waals surface area contributed by atoms with Gasteiger partial charge >= 0.3 is 0 Å². The zero-order valence-electron chi connectivity index (χ0n) is 16.7. The minimum absolute atomic E-state index is 0.259.